The van der Waals surface area contributed by atoms with E-state index >= 15 is 0 Å². The highest BCUT2D eigenvalue weighted by Crippen LogP contribution is 2.30. The summed E-state index contributed by atoms with van der Waals surface area (Å²) >= 11 is 0. The van der Waals surface area contributed by atoms with Gasteiger partial charge < -0.3 is 9.73 Å². The van der Waals surface area contributed by atoms with Crippen LogP contribution in [-0.4, -0.2) is 6.54 Å². The van der Waals surface area contributed by atoms with Crippen molar-refractivity contribution >= 4 is 0 Å². The fourth-order valence-corrected chi connectivity index (χ4v) is 2.57. The SMILES string of the molecule is CCNC(CC(C)CC(C)(C)C)c1ccco1. The molecule has 0 amide bonds. The average molecular weight is 237 g/mol. The smallest absolute Gasteiger partial charge is 0.120 e. The average Bonchev–Trinajstić information content (AvgIpc) is 2.66. The first kappa shape index (κ1) is 14.3. The van der Waals surface area contributed by atoms with Crippen molar-refractivity contribution in [2.75, 3.05) is 6.54 Å². The van der Waals surface area contributed by atoms with Crippen molar-refractivity contribution in [2.45, 2.75) is 53.5 Å². The summed E-state index contributed by atoms with van der Waals surface area (Å²) in [5.74, 6) is 1.76. The third-order valence-electron chi connectivity index (χ3n) is 2.94. The lowest BCUT2D eigenvalue weighted by atomic mass is 9.82. The van der Waals surface area contributed by atoms with Crippen LogP contribution in [0.3, 0.4) is 0 Å². The van der Waals surface area contributed by atoms with E-state index in [2.05, 4.69) is 46.0 Å². The predicted molar refractivity (Wildman–Crippen MR) is 73.0 cm³/mol. The molecule has 2 unspecified atom stereocenters. The van der Waals surface area contributed by atoms with E-state index in [1.165, 1.54) is 6.42 Å². The molecule has 1 aromatic heterocycles. The van der Waals surface area contributed by atoms with Gasteiger partial charge in [0.2, 0.25) is 0 Å². The normalized spacial score (nSPS) is 15.8. The van der Waals surface area contributed by atoms with E-state index in [1.54, 1.807) is 6.26 Å². The molecular formula is C15H27NO. The Morgan fingerprint density at radius 2 is 2.06 bits per heavy atom. The molecule has 0 fully saturated rings. The standard InChI is InChI=1S/C15H27NO/c1-6-16-13(14-8-7-9-17-14)10-12(2)11-15(3,4)5/h7-9,12-13,16H,6,10-11H2,1-5H3. The first-order chi connectivity index (χ1) is 7.92. The van der Waals surface area contributed by atoms with Crippen LogP contribution in [0, 0.1) is 11.3 Å². The first-order valence-corrected chi connectivity index (χ1v) is 6.69. The van der Waals surface area contributed by atoms with Crippen molar-refractivity contribution in [1.82, 2.24) is 5.32 Å². The van der Waals surface area contributed by atoms with Gasteiger partial charge in [-0.05, 0) is 42.9 Å². The molecule has 2 nitrogen and oxygen atoms in total. The lowest BCUT2D eigenvalue weighted by Gasteiger charge is -2.26. The molecule has 0 aliphatic rings. The summed E-state index contributed by atoms with van der Waals surface area (Å²) < 4.78 is 5.52. The molecule has 1 rings (SSSR count). The summed E-state index contributed by atoms with van der Waals surface area (Å²) in [5.41, 5.74) is 0.402. The number of nitrogens with one attached hydrogen (secondary N) is 1. The maximum atomic E-state index is 5.52. The van der Waals surface area contributed by atoms with Crippen LogP contribution in [0.25, 0.3) is 0 Å². The van der Waals surface area contributed by atoms with Crippen molar-refractivity contribution in [1.29, 1.82) is 0 Å². The molecule has 0 radical (unpaired) electrons. The van der Waals surface area contributed by atoms with Gasteiger partial charge in [-0.2, -0.15) is 0 Å². The monoisotopic (exact) mass is 237 g/mol. The van der Waals surface area contributed by atoms with Crippen molar-refractivity contribution in [3.8, 4) is 0 Å². The van der Waals surface area contributed by atoms with Crippen LogP contribution in [-0.2, 0) is 0 Å². The lowest BCUT2D eigenvalue weighted by molar-refractivity contribution is 0.265. The Bertz CT molecular complexity index is 297. The van der Waals surface area contributed by atoms with E-state index in [1.807, 2.05) is 6.07 Å². The van der Waals surface area contributed by atoms with Gasteiger partial charge in [-0.3, -0.25) is 0 Å². The number of hydrogen-bond acceptors (Lipinski definition) is 2. The van der Waals surface area contributed by atoms with Crippen LogP contribution in [0.1, 0.15) is 59.3 Å². The van der Waals surface area contributed by atoms with Gasteiger partial charge in [0, 0.05) is 0 Å². The minimum absolute atomic E-state index is 0.354. The highest BCUT2D eigenvalue weighted by atomic mass is 16.3. The number of furan rings is 1. The zero-order valence-electron chi connectivity index (χ0n) is 11.9. The van der Waals surface area contributed by atoms with Crippen molar-refractivity contribution < 1.29 is 4.42 Å². The predicted octanol–water partition coefficient (Wildman–Crippen LogP) is 4.39. The van der Waals surface area contributed by atoms with Gasteiger partial charge in [-0.25, -0.2) is 0 Å². The minimum Gasteiger partial charge on any atom is -0.468 e. The van der Waals surface area contributed by atoms with Crippen molar-refractivity contribution in [3.05, 3.63) is 24.2 Å². The van der Waals surface area contributed by atoms with Crippen LogP contribution in [0.5, 0.6) is 0 Å². The van der Waals surface area contributed by atoms with Gasteiger partial charge in [0.05, 0.1) is 12.3 Å². The zero-order valence-corrected chi connectivity index (χ0v) is 11.9. The maximum absolute atomic E-state index is 5.52. The van der Waals surface area contributed by atoms with E-state index in [0.29, 0.717) is 17.4 Å². The lowest BCUT2D eigenvalue weighted by Crippen LogP contribution is -2.24. The van der Waals surface area contributed by atoms with E-state index < -0.39 is 0 Å². The highest BCUT2D eigenvalue weighted by molar-refractivity contribution is 5.04. The van der Waals surface area contributed by atoms with E-state index in [9.17, 15) is 0 Å². The molecule has 0 spiro atoms. The fraction of sp³-hybridized carbons (Fsp3) is 0.733. The van der Waals surface area contributed by atoms with Gasteiger partial charge >= 0.3 is 0 Å². The quantitative estimate of drug-likeness (QED) is 0.793. The molecule has 1 N–H and O–H groups in total. The summed E-state index contributed by atoms with van der Waals surface area (Å²) in [6.45, 7) is 12.4. The molecule has 0 saturated heterocycles. The molecule has 98 valence electrons. The van der Waals surface area contributed by atoms with Gasteiger partial charge in [-0.1, -0.05) is 34.6 Å². The Balaban J connectivity index is 2.55. The number of rotatable bonds is 6. The summed E-state index contributed by atoms with van der Waals surface area (Å²) in [4.78, 5) is 0. The van der Waals surface area contributed by atoms with Gasteiger partial charge in [0.25, 0.3) is 0 Å². The molecule has 2 atom stereocenters. The molecule has 17 heavy (non-hydrogen) atoms. The van der Waals surface area contributed by atoms with E-state index in [-0.39, 0.29) is 0 Å². The molecule has 0 bridgehead atoms. The molecular weight excluding hydrogens is 210 g/mol. The Hall–Kier alpha value is -0.760. The summed E-state index contributed by atoms with van der Waals surface area (Å²) in [6.07, 6.45) is 4.14. The largest absolute Gasteiger partial charge is 0.468 e. The maximum Gasteiger partial charge on any atom is 0.120 e. The van der Waals surface area contributed by atoms with E-state index in [4.69, 9.17) is 4.42 Å². The highest BCUT2D eigenvalue weighted by Gasteiger charge is 2.20. The van der Waals surface area contributed by atoms with Crippen LogP contribution in [0.15, 0.2) is 22.8 Å². The zero-order chi connectivity index (χ0) is 12.9. The van der Waals surface area contributed by atoms with Crippen LogP contribution >= 0.6 is 0 Å². The van der Waals surface area contributed by atoms with Crippen LogP contribution in [0.4, 0.5) is 0 Å². The van der Waals surface area contributed by atoms with Crippen molar-refractivity contribution in [2.24, 2.45) is 11.3 Å². The Kier molecular flexibility index (Phi) is 5.26. The molecule has 0 saturated carbocycles. The van der Waals surface area contributed by atoms with Crippen molar-refractivity contribution in [3.63, 3.8) is 0 Å². The third-order valence-corrected chi connectivity index (χ3v) is 2.94. The second kappa shape index (κ2) is 6.25. The van der Waals surface area contributed by atoms with Gasteiger partial charge in [0.1, 0.15) is 5.76 Å². The number of hydrogen-bond donors (Lipinski definition) is 1. The molecule has 0 aliphatic carbocycles. The van der Waals surface area contributed by atoms with Crippen LogP contribution < -0.4 is 5.32 Å². The second-order valence-corrected chi connectivity index (χ2v) is 6.23. The topological polar surface area (TPSA) is 25.2 Å². The van der Waals surface area contributed by atoms with E-state index in [0.717, 1.165) is 18.7 Å². The van der Waals surface area contributed by atoms with Gasteiger partial charge in [0.15, 0.2) is 0 Å². The minimum atomic E-state index is 0.354. The summed E-state index contributed by atoms with van der Waals surface area (Å²) in [5, 5.41) is 3.51. The fourth-order valence-electron chi connectivity index (χ4n) is 2.57. The summed E-state index contributed by atoms with van der Waals surface area (Å²) in [7, 11) is 0. The van der Waals surface area contributed by atoms with Gasteiger partial charge in [-0.15, -0.1) is 0 Å². The Labute approximate surface area is 106 Å². The summed E-state index contributed by atoms with van der Waals surface area (Å²) in [6, 6.07) is 4.39. The Morgan fingerprint density at radius 3 is 2.53 bits per heavy atom. The molecule has 0 aromatic carbocycles. The third kappa shape index (κ3) is 5.40. The molecule has 2 heteroatoms. The van der Waals surface area contributed by atoms with Crippen LogP contribution in [0.2, 0.25) is 0 Å². The Morgan fingerprint density at radius 1 is 1.35 bits per heavy atom. The molecule has 1 heterocycles. The molecule has 0 aliphatic heterocycles. The second-order valence-electron chi connectivity index (χ2n) is 6.23. The molecule has 1 aromatic rings. The first-order valence-electron chi connectivity index (χ1n) is 6.69.